The molecule has 34 heavy (non-hydrogen) atoms. The number of quaternary nitrogens is 1. The first kappa shape index (κ1) is 33.1. The third kappa shape index (κ3) is 14.5. The molecule has 0 bridgehead atoms. The van der Waals surface area contributed by atoms with Crippen molar-refractivity contribution < 1.29 is 60.9 Å². The Morgan fingerprint density at radius 3 is 1.74 bits per heavy atom. The van der Waals surface area contributed by atoms with Crippen molar-refractivity contribution in [1.29, 1.82) is 0 Å². The van der Waals surface area contributed by atoms with Crippen LogP contribution in [0.15, 0.2) is 0 Å². The summed E-state index contributed by atoms with van der Waals surface area (Å²) in [5.41, 5.74) is -2.20. The van der Waals surface area contributed by atoms with Gasteiger partial charge >= 0.3 is 27.6 Å². The first-order valence-electron chi connectivity index (χ1n) is 10.7. The normalized spacial score (nSPS) is 16.4. The van der Waals surface area contributed by atoms with Crippen LogP contribution in [-0.4, -0.2) is 91.8 Å². The van der Waals surface area contributed by atoms with E-state index in [4.69, 9.17) is 28.3 Å². The Morgan fingerprint density at radius 1 is 0.794 bits per heavy atom. The van der Waals surface area contributed by atoms with Crippen molar-refractivity contribution in [1.82, 2.24) is 0 Å². The van der Waals surface area contributed by atoms with Crippen LogP contribution in [-0.2, 0) is 41.8 Å². The number of phosphoric acid groups is 2. The maximum absolute atomic E-state index is 12.7. The van der Waals surface area contributed by atoms with Crippen molar-refractivity contribution in [3.05, 3.63) is 0 Å². The van der Waals surface area contributed by atoms with Gasteiger partial charge in [-0.3, -0.25) is 23.2 Å². The average Bonchev–Trinajstić information content (AvgIpc) is 2.65. The molecule has 0 aromatic rings. The van der Waals surface area contributed by atoms with E-state index in [2.05, 4.69) is 4.52 Å². The van der Waals surface area contributed by atoms with Crippen LogP contribution in [0.5, 0.6) is 0 Å². The van der Waals surface area contributed by atoms with Gasteiger partial charge in [0, 0.05) is 0 Å². The lowest BCUT2D eigenvalue weighted by molar-refractivity contribution is -0.870. The molecule has 0 aliphatic rings. The maximum Gasteiger partial charge on any atom is 0.472 e. The van der Waals surface area contributed by atoms with Gasteiger partial charge < -0.3 is 28.6 Å². The van der Waals surface area contributed by atoms with E-state index in [1.54, 1.807) is 27.7 Å². The molecule has 15 heteroatoms. The van der Waals surface area contributed by atoms with Gasteiger partial charge in [0.2, 0.25) is 0 Å². The van der Waals surface area contributed by atoms with Gasteiger partial charge in [-0.15, -0.1) is 0 Å². The van der Waals surface area contributed by atoms with Gasteiger partial charge in [-0.2, -0.15) is 0 Å². The summed E-state index contributed by atoms with van der Waals surface area (Å²) < 4.78 is 47.2. The van der Waals surface area contributed by atoms with Crippen molar-refractivity contribution >= 4 is 27.6 Å². The first-order valence-corrected chi connectivity index (χ1v) is 13.7. The van der Waals surface area contributed by atoms with Gasteiger partial charge in [0.1, 0.15) is 26.4 Å². The summed E-state index contributed by atoms with van der Waals surface area (Å²) in [6.07, 6.45) is 0.387. The lowest BCUT2D eigenvalue weighted by Gasteiger charge is -2.33. The van der Waals surface area contributed by atoms with Crippen LogP contribution >= 0.6 is 15.6 Å². The Bertz CT molecular complexity index is 761. The standard InChI is InChI=1S/C19H39NO12P2/c1-8-19(4,15-18(2,3)16(21)28-11-13-30-33(23,24)25)17(22)29-12-14-32-34(26,27)31-10-9-20(5,6)7/h8-15H2,1-7H3,(H2-,23,24,25,26,27)/p+1. The Balaban J connectivity index is 4.66. The summed E-state index contributed by atoms with van der Waals surface area (Å²) in [5.74, 6) is -1.30. The van der Waals surface area contributed by atoms with Gasteiger partial charge in [-0.25, -0.2) is 9.13 Å². The van der Waals surface area contributed by atoms with Crippen molar-refractivity contribution in [2.45, 2.75) is 40.5 Å². The monoisotopic (exact) mass is 536 g/mol. The van der Waals surface area contributed by atoms with Gasteiger partial charge in [0.25, 0.3) is 0 Å². The second-order valence-electron chi connectivity index (χ2n) is 9.72. The number of hydrogen-bond donors (Lipinski definition) is 3. The van der Waals surface area contributed by atoms with Crippen molar-refractivity contribution in [2.75, 3.05) is 60.7 Å². The highest BCUT2D eigenvalue weighted by atomic mass is 31.2. The predicted octanol–water partition coefficient (Wildman–Crippen LogP) is 1.85. The van der Waals surface area contributed by atoms with Crippen molar-refractivity contribution in [2.24, 2.45) is 10.8 Å². The number of carbonyl (C=O) groups excluding carboxylic acids is 2. The zero-order valence-corrected chi connectivity index (χ0v) is 22.8. The molecule has 2 atom stereocenters. The molecule has 0 saturated heterocycles. The van der Waals surface area contributed by atoms with Gasteiger partial charge in [0.05, 0.1) is 45.2 Å². The highest BCUT2D eigenvalue weighted by molar-refractivity contribution is 7.47. The number of rotatable bonds is 17. The molecule has 2 unspecified atom stereocenters. The number of nitrogens with zero attached hydrogens (tertiary/aromatic N) is 1. The fraction of sp³-hybridized carbons (Fsp3) is 0.895. The van der Waals surface area contributed by atoms with Crippen LogP contribution in [0, 0.1) is 10.8 Å². The Hall–Kier alpha value is -0.880. The quantitative estimate of drug-likeness (QED) is 0.107. The Morgan fingerprint density at radius 2 is 1.26 bits per heavy atom. The molecule has 13 nitrogen and oxygen atoms in total. The zero-order valence-electron chi connectivity index (χ0n) is 21.0. The summed E-state index contributed by atoms with van der Waals surface area (Å²) in [6.45, 7) is 5.52. The third-order valence-electron chi connectivity index (χ3n) is 4.82. The first-order chi connectivity index (χ1) is 15.2. The summed E-state index contributed by atoms with van der Waals surface area (Å²) in [7, 11) is -3.23. The fourth-order valence-corrected chi connectivity index (χ4v) is 3.81. The smallest absolute Gasteiger partial charge is 0.463 e. The molecule has 0 rings (SSSR count). The predicted molar refractivity (Wildman–Crippen MR) is 121 cm³/mol. The lowest BCUT2D eigenvalue weighted by atomic mass is 9.72. The molecule has 0 aliphatic carbocycles. The van der Waals surface area contributed by atoms with E-state index >= 15 is 0 Å². The number of hydrogen-bond acceptors (Lipinski definition) is 9. The van der Waals surface area contributed by atoms with E-state index in [1.807, 2.05) is 21.1 Å². The molecule has 0 spiro atoms. The van der Waals surface area contributed by atoms with Crippen LogP contribution in [0.3, 0.4) is 0 Å². The number of carbonyl (C=O) groups is 2. The summed E-state index contributed by atoms with van der Waals surface area (Å²) in [5, 5.41) is 0. The molecule has 0 heterocycles. The van der Waals surface area contributed by atoms with E-state index in [1.165, 1.54) is 0 Å². The highest BCUT2D eigenvalue weighted by Gasteiger charge is 2.43. The largest absolute Gasteiger partial charge is 0.472 e. The SMILES string of the molecule is CCC(C)(CC(C)(C)C(=O)OCCOP(=O)(O)O)C(=O)OCCOP(=O)(O)OCC[N+](C)(C)C. The second kappa shape index (κ2) is 13.4. The molecule has 0 aromatic carbocycles. The van der Waals surface area contributed by atoms with Gasteiger partial charge in [0.15, 0.2) is 0 Å². The highest BCUT2D eigenvalue weighted by Crippen LogP contribution is 2.43. The minimum atomic E-state index is -4.66. The van der Waals surface area contributed by atoms with Crippen molar-refractivity contribution in [3.63, 3.8) is 0 Å². The molecular formula is C19H40NO12P2+. The Kier molecular flexibility index (Phi) is 13.1. The number of esters is 2. The Labute approximate surface area is 201 Å². The molecule has 0 aromatic heterocycles. The van der Waals surface area contributed by atoms with Crippen LogP contribution in [0.1, 0.15) is 40.5 Å². The molecule has 0 fully saturated rings. The van der Waals surface area contributed by atoms with Crippen LogP contribution < -0.4 is 0 Å². The maximum atomic E-state index is 12.7. The molecule has 0 saturated carbocycles. The van der Waals surface area contributed by atoms with Gasteiger partial charge in [-0.05, 0) is 33.6 Å². The second-order valence-corrected chi connectivity index (χ2v) is 12.4. The van der Waals surface area contributed by atoms with Crippen LogP contribution in [0.4, 0.5) is 0 Å². The minimum absolute atomic E-state index is 0.0155. The van der Waals surface area contributed by atoms with E-state index in [0.717, 1.165) is 0 Å². The topological polar surface area (TPSA) is 175 Å². The molecule has 202 valence electrons. The summed E-state index contributed by atoms with van der Waals surface area (Å²) in [4.78, 5) is 52.0. The van der Waals surface area contributed by atoms with Crippen LogP contribution in [0.2, 0.25) is 0 Å². The molecule has 0 aliphatic heterocycles. The molecular weight excluding hydrogens is 496 g/mol. The number of likely N-dealkylation sites (N-methyl/N-ethyl adjacent to an activating group) is 1. The van der Waals surface area contributed by atoms with E-state index in [9.17, 15) is 23.6 Å². The van der Waals surface area contributed by atoms with Gasteiger partial charge in [-0.1, -0.05) is 6.92 Å². The molecule has 0 radical (unpaired) electrons. The molecule has 0 amide bonds. The van der Waals surface area contributed by atoms with Crippen LogP contribution in [0.25, 0.3) is 0 Å². The minimum Gasteiger partial charge on any atom is -0.463 e. The number of phosphoric ester groups is 2. The van der Waals surface area contributed by atoms with E-state index in [0.29, 0.717) is 17.4 Å². The fourth-order valence-electron chi connectivity index (χ4n) is 2.80. The van der Waals surface area contributed by atoms with Crippen molar-refractivity contribution in [3.8, 4) is 0 Å². The molecule has 3 N–H and O–H groups in total. The third-order valence-corrected chi connectivity index (χ3v) is 6.36. The number of ether oxygens (including phenoxy) is 2. The zero-order chi connectivity index (χ0) is 26.8. The van der Waals surface area contributed by atoms with E-state index in [-0.39, 0.29) is 32.8 Å². The summed E-state index contributed by atoms with van der Waals surface area (Å²) in [6, 6.07) is 0. The summed E-state index contributed by atoms with van der Waals surface area (Å²) >= 11 is 0. The van der Waals surface area contributed by atoms with E-state index < -0.39 is 45.0 Å². The lowest BCUT2D eigenvalue weighted by Crippen LogP contribution is -2.39. The average molecular weight is 536 g/mol.